The second kappa shape index (κ2) is 8.37. The van der Waals surface area contributed by atoms with Crippen LogP contribution in [0.2, 0.25) is 0 Å². The minimum Gasteiger partial charge on any atom is -0.490 e. The van der Waals surface area contributed by atoms with Gasteiger partial charge in [-0.05, 0) is 12.6 Å². The van der Waals surface area contributed by atoms with E-state index in [2.05, 4.69) is 0 Å². The third-order valence-electron chi connectivity index (χ3n) is 3.33. The van der Waals surface area contributed by atoms with E-state index in [4.69, 9.17) is 4.74 Å². The van der Waals surface area contributed by atoms with Gasteiger partial charge in [0.15, 0.2) is 0 Å². The Bertz CT molecular complexity index is 682. The number of benzene rings is 2. The molecule has 2 rings (SSSR count). The van der Waals surface area contributed by atoms with Crippen molar-refractivity contribution in [2.24, 2.45) is 0 Å². The van der Waals surface area contributed by atoms with Crippen molar-refractivity contribution in [1.82, 2.24) is 4.90 Å². The number of nitro groups is 1. The predicted octanol–water partition coefficient (Wildman–Crippen LogP) is 2.61. The van der Waals surface area contributed by atoms with Crippen molar-refractivity contribution in [3.05, 3.63) is 70.0 Å². The van der Waals surface area contributed by atoms with Crippen LogP contribution in [0.5, 0.6) is 5.75 Å². The molecule has 0 aliphatic carbocycles. The lowest BCUT2D eigenvalue weighted by Gasteiger charge is -2.20. The van der Waals surface area contributed by atoms with Crippen molar-refractivity contribution >= 4 is 5.69 Å². The highest BCUT2D eigenvalue weighted by Crippen LogP contribution is 2.22. The quantitative estimate of drug-likeness (QED) is 0.593. The summed E-state index contributed by atoms with van der Waals surface area (Å²) in [6.07, 6.45) is -0.805. The number of nitro benzene ring substituents is 1. The zero-order valence-corrected chi connectivity index (χ0v) is 13.3. The van der Waals surface area contributed by atoms with E-state index in [0.717, 1.165) is 23.8 Å². The highest BCUT2D eigenvalue weighted by Gasteiger charge is 2.13. The van der Waals surface area contributed by atoms with Crippen LogP contribution in [0.4, 0.5) is 10.1 Å². The van der Waals surface area contributed by atoms with Gasteiger partial charge in [-0.25, -0.2) is 4.39 Å². The normalized spacial score (nSPS) is 12.2. The summed E-state index contributed by atoms with van der Waals surface area (Å²) in [6, 6.07) is 12.8. The first-order chi connectivity index (χ1) is 11.4. The van der Waals surface area contributed by atoms with E-state index in [1.807, 2.05) is 42.3 Å². The van der Waals surface area contributed by atoms with Gasteiger partial charge in [-0.2, -0.15) is 0 Å². The van der Waals surface area contributed by atoms with E-state index in [0.29, 0.717) is 13.1 Å². The van der Waals surface area contributed by atoms with Crippen molar-refractivity contribution in [2.45, 2.75) is 12.6 Å². The Morgan fingerprint density at radius 3 is 2.67 bits per heavy atom. The Morgan fingerprint density at radius 1 is 1.29 bits per heavy atom. The van der Waals surface area contributed by atoms with Crippen LogP contribution in [0.25, 0.3) is 0 Å². The monoisotopic (exact) mass is 334 g/mol. The van der Waals surface area contributed by atoms with Crippen LogP contribution in [-0.4, -0.2) is 41.2 Å². The molecule has 0 spiro atoms. The van der Waals surface area contributed by atoms with Gasteiger partial charge in [0.1, 0.15) is 24.3 Å². The van der Waals surface area contributed by atoms with E-state index in [-0.39, 0.29) is 18.0 Å². The lowest BCUT2D eigenvalue weighted by molar-refractivity contribution is -0.385. The van der Waals surface area contributed by atoms with Crippen LogP contribution < -0.4 is 4.74 Å². The second-order valence-electron chi connectivity index (χ2n) is 5.55. The number of hydrogen-bond donors (Lipinski definition) is 1. The zero-order valence-electron chi connectivity index (χ0n) is 13.3. The molecule has 0 saturated heterocycles. The molecule has 24 heavy (non-hydrogen) atoms. The van der Waals surface area contributed by atoms with Gasteiger partial charge in [-0.1, -0.05) is 30.3 Å². The lowest BCUT2D eigenvalue weighted by atomic mass is 10.2. The maximum Gasteiger partial charge on any atom is 0.276 e. The van der Waals surface area contributed by atoms with Gasteiger partial charge in [0.2, 0.25) is 0 Å². The molecule has 2 aromatic rings. The summed E-state index contributed by atoms with van der Waals surface area (Å²) in [5.41, 5.74) is 0.731. The summed E-state index contributed by atoms with van der Waals surface area (Å²) in [7, 11) is 1.86. The maximum absolute atomic E-state index is 13.3. The predicted molar refractivity (Wildman–Crippen MR) is 87.3 cm³/mol. The fraction of sp³-hybridized carbons (Fsp3) is 0.294. The molecule has 1 unspecified atom stereocenters. The molecule has 1 N–H and O–H groups in total. The number of ether oxygens (including phenoxy) is 1. The standard InChI is InChI=1S/C17H19FN2O4/c1-19(10-13-5-3-2-4-6-13)11-16(21)12-24-17-8-14(18)7-15(9-17)20(22)23/h2-9,16,21H,10-12H2,1H3. The number of hydrogen-bond acceptors (Lipinski definition) is 5. The maximum atomic E-state index is 13.3. The molecule has 7 heteroatoms. The second-order valence-corrected chi connectivity index (χ2v) is 5.55. The highest BCUT2D eigenvalue weighted by molar-refractivity contribution is 5.38. The Morgan fingerprint density at radius 2 is 2.00 bits per heavy atom. The van der Waals surface area contributed by atoms with E-state index < -0.39 is 16.8 Å². The molecule has 0 saturated carbocycles. The van der Waals surface area contributed by atoms with Crippen molar-refractivity contribution in [1.29, 1.82) is 0 Å². The number of likely N-dealkylation sites (N-methyl/N-ethyl adjacent to an activating group) is 1. The van der Waals surface area contributed by atoms with E-state index in [1.165, 1.54) is 0 Å². The van der Waals surface area contributed by atoms with Gasteiger partial charge in [0.05, 0.1) is 17.1 Å². The third kappa shape index (κ3) is 5.60. The van der Waals surface area contributed by atoms with Crippen LogP contribution in [0.1, 0.15) is 5.56 Å². The Hall–Kier alpha value is -2.51. The van der Waals surface area contributed by atoms with Gasteiger partial charge in [-0.3, -0.25) is 15.0 Å². The van der Waals surface area contributed by atoms with Crippen LogP contribution in [0.3, 0.4) is 0 Å². The van der Waals surface area contributed by atoms with E-state index >= 15 is 0 Å². The molecule has 0 bridgehead atoms. The molecule has 0 aromatic heterocycles. The molecule has 0 aliphatic rings. The first kappa shape index (κ1) is 17.8. The largest absolute Gasteiger partial charge is 0.490 e. The summed E-state index contributed by atoms with van der Waals surface area (Å²) in [6.45, 7) is 0.940. The molecule has 0 amide bonds. The summed E-state index contributed by atoms with van der Waals surface area (Å²) in [5.74, 6) is -0.735. The summed E-state index contributed by atoms with van der Waals surface area (Å²) < 4.78 is 18.6. The number of aliphatic hydroxyl groups is 1. The number of halogens is 1. The van der Waals surface area contributed by atoms with Crippen molar-refractivity contribution in [3.8, 4) is 5.75 Å². The first-order valence-corrected chi connectivity index (χ1v) is 7.42. The van der Waals surface area contributed by atoms with E-state index in [1.54, 1.807) is 0 Å². The molecule has 0 fully saturated rings. The summed E-state index contributed by atoms with van der Waals surface area (Å²) in [5, 5.41) is 20.7. The number of aliphatic hydroxyl groups excluding tert-OH is 1. The van der Waals surface area contributed by atoms with Crippen molar-refractivity contribution < 1.29 is 19.2 Å². The number of nitrogens with zero attached hydrogens (tertiary/aromatic N) is 2. The molecule has 6 nitrogen and oxygen atoms in total. The minimum absolute atomic E-state index is 0.0199. The average Bonchev–Trinajstić information content (AvgIpc) is 2.53. The molecule has 0 heterocycles. The number of non-ortho nitro benzene ring substituents is 1. The van der Waals surface area contributed by atoms with Gasteiger partial charge >= 0.3 is 0 Å². The molecular formula is C17H19FN2O4. The fourth-order valence-electron chi connectivity index (χ4n) is 2.30. The van der Waals surface area contributed by atoms with Gasteiger partial charge in [-0.15, -0.1) is 0 Å². The summed E-state index contributed by atoms with van der Waals surface area (Å²) >= 11 is 0. The van der Waals surface area contributed by atoms with Crippen molar-refractivity contribution in [3.63, 3.8) is 0 Å². The first-order valence-electron chi connectivity index (χ1n) is 7.42. The Labute approximate surface area is 139 Å². The topological polar surface area (TPSA) is 75.8 Å². The third-order valence-corrected chi connectivity index (χ3v) is 3.33. The van der Waals surface area contributed by atoms with Gasteiger partial charge in [0.25, 0.3) is 5.69 Å². The molecule has 0 radical (unpaired) electrons. The molecular weight excluding hydrogens is 315 g/mol. The van der Waals surface area contributed by atoms with Gasteiger partial charge in [0, 0.05) is 19.2 Å². The van der Waals surface area contributed by atoms with Crippen LogP contribution in [-0.2, 0) is 6.54 Å². The van der Waals surface area contributed by atoms with Crippen LogP contribution >= 0.6 is 0 Å². The lowest BCUT2D eigenvalue weighted by Crippen LogP contribution is -2.32. The van der Waals surface area contributed by atoms with Crippen LogP contribution in [0, 0.1) is 15.9 Å². The zero-order chi connectivity index (χ0) is 17.5. The highest BCUT2D eigenvalue weighted by atomic mass is 19.1. The fourth-order valence-corrected chi connectivity index (χ4v) is 2.30. The van der Waals surface area contributed by atoms with Crippen LogP contribution in [0.15, 0.2) is 48.5 Å². The SMILES string of the molecule is CN(Cc1ccccc1)CC(O)COc1cc(F)cc([N+](=O)[O-])c1. The van der Waals surface area contributed by atoms with Crippen molar-refractivity contribution in [2.75, 3.05) is 20.2 Å². The average molecular weight is 334 g/mol. The van der Waals surface area contributed by atoms with Gasteiger partial charge < -0.3 is 9.84 Å². The molecule has 1 atom stereocenters. The Balaban J connectivity index is 1.84. The minimum atomic E-state index is -0.805. The van der Waals surface area contributed by atoms with E-state index in [9.17, 15) is 19.6 Å². The molecule has 128 valence electrons. The smallest absolute Gasteiger partial charge is 0.276 e. The molecule has 2 aromatic carbocycles. The number of rotatable bonds is 8. The summed E-state index contributed by atoms with van der Waals surface area (Å²) in [4.78, 5) is 11.9. The molecule has 0 aliphatic heterocycles. The Kier molecular flexibility index (Phi) is 6.22.